The van der Waals surface area contributed by atoms with Crippen LogP contribution >= 0.6 is 0 Å². The predicted molar refractivity (Wildman–Crippen MR) is 79.9 cm³/mol. The van der Waals surface area contributed by atoms with Crippen LogP contribution in [0.4, 0.5) is 0 Å². The second kappa shape index (κ2) is 7.08. The lowest BCUT2D eigenvalue weighted by Gasteiger charge is -2.06. The summed E-state index contributed by atoms with van der Waals surface area (Å²) in [6.45, 7) is 0.411. The summed E-state index contributed by atoms with van der Waals surface area (Å²) in [6, 6.07) is 15.9. The van der Waals surface area contributed by atoms with Gasteiger partial charge in [-0.05, 0) is 29.8 Å². The molecular formula is C17H14O5. The van der Waals surface area contributed by atoms with Gasteiger partial charge >= 0.3 is 5.97 Å². The third kappa shape index (κ3) is 4.21. The van der Waals surface area contributed by atoms with Gasteiger partial charge in [0.25, 0.3) is 0 Å². The van der Waals surface area contributed by atoms with Gasteiger partial charge in [-0.15, -0.1) is 0 Å². The van der Waals surface area contributed by atoms with Gasteiger partial charge in [0, 0.05) is 11.6 Å². The summed E-state index contributed by atoms with van der Waals surface area (Å²) < 4.78 is 5.58. The molecule has 0 saturated heterocycles. The third-order valence-electron chi connectivity index (χ3n) is 2.87. The molecule has 0 aliphatic carbocycles. The van der Waals surface area contributed by atoms with Crippen LogP contribution in [0.5, 0.6) is 5.75 Å². The van der Waals surface area contributed by atoms with E-state index in [-0.39, 0.29) is 5.56 Å². The SMILES string of the molecule is O=C(O)C(O)=CC(=O)c1ccc(OCc2ccccc2)cc1. The summed E-state index contributed by atoms with van der Waals surface area (Å²) in [4.78, 5) is 22.2. The van der Waals surface area contributed by atoms with Crippen LogP contribution in [-0.2, 0) is 11.4 Å². The first kappa shape index (κ1) is 15.3. The number of benzene rings is 2. The fraction of sp³-hybridized carbons (Fsp3) is 0.0588. The van der Waals surface area contributed by atoms with E-state index < -0.39 is 17.5 Å². The highest BCUT2D eigenvalue weighted by atomic mass is 16.5. The monoisotopic (exact) mass is 298 g/mol. The lowest BCUT2D eigenvalue weighted by Crippen LogP contribution is -2.04. The number of carbonyl (C=O) groups is 2. The Hall–Kier alpha value is -3.08. The molecule has 112 valence electrons. The van der Waals surface area contributed by atoms with Crippen LogP contribution in [0.15, 0.2) is 66.4 Å². The van der Waals surface area contributed by atoms with Crippen LogP contribution in [-0.4, -0.2) is 22.0 Å². The Morgan fingerprint density at radius 3 is 2.18 bits per heavy atom. The van der Waals surface area contributed by atoms with Gasteiger partial charge in [0.2, 0.25) is 5.76 Å². The summed E-state index contributed by atoms with van der Waals surface area (Å²) in [7, 11) is 0. The van der Waals surface area contributed by atoms with Gasteiger partial charge in [0.15, 0.2) is 5.78 Å². The first-order chi connectivity index (χ1) is 10.6. The maximum absolute atomic E-state index is 11.7. The molecule has 2 rings (SSSR count). The van der Waals surface area contributed by atoms with Crippen molar-refractivity contribution >= 4 is 11.8 Å². The Kier molecular flexibility index (Phi) is 4.93. The van der Waals surface area contributed by atoms with E-state index in [1.165, 1.54) is 12.1 Å². The predicted octanol–water partition coefficient (Wildman–Crippen LogP) is 2.97. The van der Waals surface area contributed by atoms with E-state index in [0.29, 0.717) is 18.4 Å². The van der Waals surface area contributed by atoms with Crippen molar-refractivity contribution in [3.05, 3.63) is 77.6 Å². The topological polar surface area (TPSA) is 83.8 Å². The Bertz CT molecular complexity index is 687. The summed E-state index contributed by atoms with van der Waals surface area (Å²) >= 11 is 0. The molecule has 0 aromatic heterocycles. The van der Waals surface area contributed by atoms with Gasteiger partial charge < -0.3 is 14.9 Å². The number of carbonyl (C=O) groups excluding carboxylic acids is 1. The Balaban J connectivity index is 2.00. The van der Waals surface area contributed by atoms with Crippen LogP contribution in [0.2, 0.25) is 0 Å². The first-order valence-corrected chi connectivity index (χ1v) is 6.51. The molecule has 22 heavy (non-hydrogen) atoms. The molecule has 2 aromatic carbocycles. The van der Waals surface area contributed by atoms with Crippen molar-refractivity contribution in [3.63, 3.8) is 0 Å². The Morgan fingerprint density at radius 1 is 0.955 bits per heavy atom. The summed E-state index contributed by atoms with van der Waals surface area (Å²) in [5, 5.41) is 17.5. The lowest BCUT2D eigenvalue weighted by molar-refractivity contribution is -0.135. The average Bonchev–Trinajstić information content (AvgIpc) is 2.54. The second-order valence-electron chi connectivity index (χ2n) is 4.50. The lowest BCUT2D eigenvalue weighted by atomic mass is 10.1. The molecule has 0 radical (unpaired) electrons. The minimum atomic E-state index is -1.55. The molecule has 0 unspecified atom stereocenters. The molecule has 2 N–H and O–H groups in total. The summed E-state index contributed by atoms with van der Waals surface area (Å²) in [5.41, 5.74) is 1.29. The fourth-order valence-corrected chi connectivity index (χ4v) is 1.73. The van der Waals surface area contributed by atoms with Crippen LogP contribution in [0.25, 0.3) is 0 Å². The molecule has 0 bridgehead atoms. The molecule has 0 atom stereocenters. The molecule has 0 fully saturated rings. The number of rotatable bonds is 6. The number of aliphatic hydroxyl groups excluding tert-OH is 1. The van der Waals surface area contributed by atoms with Crippen LogP contribution in [0.1, 0.15) is 15.9 Å². The van der Waals surface area contributed by atoms with E-state index in [1.807, 2.05) is 30.3 Å². The van der Waals surface area contributed by atoms with Gasteiger partial charge in [0.1, 0.15) is 12.4 Å². The largest absolute Gasteiger partial charge is 0.502 e. The van der Waals surface area contributed by atoms with E-state index in [0.717, 1.165) is 5.56 Å². The van der Waals surface area contributed by atoms with Gasteiger partial charge in [-0.1, -0.05) is 30.3 Å². The minimum Gasteiger partial charge on any atom is -0.502 e. The van der Waals surface area contributed by atoms with Crippen molar-refractivity contribution < 1.29 is 24.5 Å². The number of hydrogen-bond donors (Lipinski definition) is 2. The molecule has 5 nitrogen and oxygen atoms in total. The molecule has 0 heterocycles. The van der Waals surface area contributed by atoms with E-state index in [4.69, 9.17) is 14.9 Å². The Labute approximate surface area is 127 Å². The zero-order valence-electron chi connectivity index (χ0n) is 11.6. The average molecular weight is 298 g/mol. The van der Waals surface area contributed by atoms with Crippen molar-refractivity contribution in [1.29, 1.82) is 0 Å². The van der Waals surface area contributed by atoms with Crippen molar-refractivity contribution in [2.75, 3.05) is 0 Å². The number of carboxylic acids is 1. The molecule has 0 spiro atoms. The molecule has 0 amide bonds. The normalized spacial score (nSPS) is 11.0. The van der Waals surface area contributed by atoms with Gasteiger partial charge in [-0.2, -0.15) is 0 Å². The summed E-state index contributed by atoms with van der Waals surface area (Å²) in [6.07, 6.45) is 0.669. The third-order valence-corrected chi connectivity index (χ3v) is 2.87. The quantitative estimate of drug-likeness (QED) is 0.486. The molecule has 0 saturated carbocycles. The Morgan fingerprint density at radius 2 is 1.59 bits per heavy atom. The van der Waals surface area contributed by atoms with Crippen LogP contribution in [0.3, 0.4) is 0 Å². The zero-order chi connectivity index (χ0) is 15.9. The first-order valence-electron chi connectivity index (χ1n) is 6.51. The van der Waals surface area contributed by atoms with Crippen LogP contribution in [0, 0.1) is 0 Å². The molecule has 0 aliphatic rings. The number of aliphatic hydroxyl groups is 1. The number of hydrogen-bond acceptors (Lipinski definition) is 4. The number of ketones is 1. The van der Waals surface area contributed by atoms with Gasteiger partial charge in [-0.3, -0.25) is 4.79 Å². The number of carboxylic acid groups (broad SMARTS) is 1. The van der Waals surface area contributed by atoms with E-state index in [1.54, 1.807) is 12.1 Å². The highest BCUT2D eigenvalue weighted by Crippen LogP contribution is 2.15. The van der Waals surface area contributed by atoms with Crippen molar-refractivity contribution in [3.8, 4) is 5.75 Å². The number of allylic oxidation sites excluding steroid dienone is 1. The van der Waals surface area contributed by atoms with Gasteiger partial charge in [0.05, 0.1) is 0 Å². The number of aliphatic carboxylic acids is 1. The molecule has 2 aromatic rings. The minimum absolute atomic E-state index is 0.264. The maximum Gasteiger partial charge on any atom is 0.371 e. The standard InChI is InChI=1S/C17H14O5/c18-15(10-16(19)17(20)21)13-6-8-14(9-7-13)22-11-12-4-2-1-3-5-12/h1-10,19H,11H2,(H,20,21). The van der Waals surface area contributed by atoms with Crippen molar-refractivity contribution in [2.24, 2.45) is 0 Å². The zero-order valence-corrected chi connectivity index (χ0v) is 11.6. The van der Waals surface area contributed by atoms with E-state index >= 15 is 0 Å². The highest BCUT2D eigenvalue weighted by molar-refractivity contribution is 6.07. The summed E-state index contributed by atoms with van der Waals surface area (Å²) in [5.74, 6) is -2.54. The molecule has 5 heteroatoms. The number of ether oxygens (including phenoxy) is 1. The van der Waals surface area contributed by atoms with Crippen LogP contribution < -0.4 is 4.74 Å². The fourth-order valence-electron chi connectivity index (χ4n) is 1.73. The maximum atomic E-state index is 11.7. The molecule has 0 aliphatic heterocycles. The van der Waals surface area contributed by atoms with E-state index in [2.05, 4.69) is 0 Å². The van der Waals surface area contributed by atoms with Crippen molar-refractivity contribution in [2.45, 2.75) is 6.61 Å². The highest BCUT2D eigenvalue weighted by Gasteiger charge is 2.09. The smallest absolute Gasteiger partial charge is 0.371 e. The van der Waals surface area contributed by atoms with E-state index in [9.17, 15) is 9.59 Å². The second-order valence-corrected chi connectivity index (χ2v) is 4.50. The van der Waals surface area contributed by atoms with Crippen molar-refractivity contribution in [1.82, 2.24) is 0 Å². The van der Waals surface area contributed by atoms with Gasteiger partial charge in [-0.25, -0.2) is 4.79 Å². The molecular weight excluding hydrogens is 284 g/mol.